The van der Waals surface area contributed by atoms with Crippen molar-refractivity contribution < 1.29 is 35.5 Å². The summed E-state index contributed by atoms with van der Waals surface area (Å²) in [5.74, 6) is -6.45. The summed E-state index contributed by atoms with van der Waals surface area (Å²) in [4.78, 5) is 21.2. The van der Waals surface area contributed by atoms with Crippen molar-refractivity contribution >= 4 is 50.0 Å². The molecule has 1 aliphatic heterocycles. The highest BCUT2D eigenvalue weighted by Gasteiger charge is 2.61. The van der Waals surface area contributed by atoms with E-state index in [0.29, 0.717) is 30.6 Å². The monoisotopic (exact) mass is 650 g/mol. The number of hydrogen-bond donors (Lipinski definition) is 2. The number of carbonyl (C=O) groups excluding carboxylic acids is 1. The van der Waals surface area contributed by atoms with E-state index in [-0.39, 0.29) is 34.0 Å². The van der Waals surface area contributed by atoms with Crippen LogP contribution in [0.3, 0.4) is 0 Å². The zero-order chi connectivity index (χ0) is 32.3. The first-order valence-electron chi connectivity index (χ1n) is 14.1. The Balaban J connectivity index is 1.50. The van der Waals surface area contributed by atoms with Crippen LogP contribution in [0.1, 0.15) is 44.2 Å². The van der Waals surface area contributed by atoms with Crippen LogP contribution < -0.4 is 14.9 Å². The Hall–Kier alpha value is -4.25. The predicted octanol–water partition coefficient (Wildman–Crippen LogP) is 5.20. The molecule has 1 saturated carbocycles. The van der Waals surface area contributed by atoms with Gasteiger partial charge in [-0.25, -0.2) is 35.9 Å². The number of pyridine rings is 1. The van der Waals surface area contributed by atoms with E-state index >= 15 is 0 Å². The second kappa shape index (κ2) is 11.3. The molecule has 1 amide bonds. The summed E-state index contributed by atoms with van der Waals surface area (Å²) in [6.07, 6.45) is 1.79. The number of hydrogen-bond acceptors (Lipinski definition) is 8. The molecule has 4 heterocycles. The number of aryl methyl sites for hydroxylation is 1. The fourth-order valence-electron chi connectivity index (χ4n) is 5.29. The number of imidazole rings is 1. The van der Waals surface area contributed by atoms with E-state index in [0.717, 1.165) is 17.0 Å². The maximum atomic E-state index is 14.4. The van der Waals surface area contributed by atoms with E-state index in [9.17, 15) is 30.8 Å². The molecule has 4 aromatic rings. The van der Waals surface area contributed by atoms with Gasteiger partial charge in [0.15, 0.2) is 11.5 Å². The number of ether oxygens (including phenoxy) is 1. The zero-order valence-corrected chi connectivity index (χ0v) is 25.3. The molecule has 0 radical (unpaired) electrons. The van der Waals surface area contributed by atoms with Crippen molar-refractivity contribution in [3.63, 3.8) is 0 Å². The molecule has 2 unspecified atom stereocenters. The van der Waals surface area contributed by atoms with Crippen LogP contribution in [0.15, 0.2) is 36.7 Å². The second-order valence-electron chi connectivity index (χ2n) is 11.2. The molecule has 2 fully saturated rings. The molecule has 1 saturated heterocycles. The number of nitrogens with one attached hydrogen (secondary N) is 2. The number of benzene rings is 1. The van der Waals surface area contributed by atoms with Crippen LogP contribution in [0, 0.1) is 5.92 Å². The van der Waals surface area contributed by atoms with Gasteiger partial charge in [-0.1, -0.05) is 6.07 Å². The molecule has 240 valence electrons. The van der Waals surface area contributed by atoms with Gasteiger partial charge in [-0.3, -0.25) is 18.3 Å². The number of halogens is 4. The van der Waals surface area contributed by atoms with Crippen LogP contribution in [0.4, 0.5) is 40.4 Å². The zero-order valence-electron chi connectivity index (χ0n) is 24.5. The first-order chi connectivity index (χ1) is 21.2. The third-order valence-electron chi connectivity index (χ3n) is 7.85. The number of amides is 1. The SMILES string of the molecule is CN(c1cc(-c2cnn(C)c2)ccc1Nc1cc(NC(=O)C2CC2(F)F)nc2c1nc(C(F)F)n2C1CCCCO1)S(C)(=O)=O. The molecule has 17 heteroatoms. The van der Waals surface area contributed by atoms with Crippen molar-refractivity contribution in [1.82, 2.24) is 24.3 Å². The Labute approximate surface area is 255 Å². The Morgan fingerprint density at radius 2 is 1.91 bits per heavy atom. The molecule has 45 heavy (non-hydrogen) atoms. The minimum Gasteiger partial charge on any atom is -0.358 e. The predicted molar refractivity (Wildman–Crippen MR) is 158 cm³/mol. The van der Waals surface area contributed by atoms with Gasteiger partial charge in [-0.2, -0.15) is 5.10 Å². The number of sulfonamides is 1. The average molecular weight is 651 g/mol. The molecule has 0 bridgehead atoms. The molecule has 1 aromatic carbocycles. The molecule has 0 spiro atoms. The van der Waals surface area contributed by atoms with Crippen LogP contribution in [-0.4, -0.2) is 64.5 Å². The summed E-state index contributed by atoms with van der Waals surface area (Å²) >= 11 is 0. The first kappa shape index (κ1) is 30.8. The average Bonchev–Trinajstić information content (AvgIpc) is 3.27. The number of rotatable bonds is 9. The molecular weight excluding hydrogens is 620 g/mol. The van der Waals surface area contributed by atoms with Crippen molar-refractivity contribution in [3.05, 3.63) is 42.5 Å². The lowest BCUT2D eigenvalue weighted by Crippen LogP contribution is -2.25. The molecule has 2 N–H and O–H groups in total. The van der Waals surface area contributed by atoms with Crippen molar-refractivity contribution in [2.24, 2.45) is 13.0 Å². The molecule has 12 nitrogen and oxygen atoms in total. The number of aromatic nitrogens is 5. The number of carbonyl (C=O) groups is 1. The lowest BCUT2D eigenvalue weighted by molar-refractivity contribution is -0.119. The van der Waals surface area contributed by atoms with Crippen molar-refractivity contribution in [1.29, 1.82) is 0 Å². The maximum Gasteiger partial charge on any atom is 0.295 e. The van der Waals surface area contributed by atoms with Gasteiger partial charge >= 0.3 is 0 Å². The van der Waals surface area contributed by atoms with Crippen molar-refractivity contribution in [3.8, 4) is 11.1 Å². The van der Waals surface area contributed by atoms with Crippen molar-refractivity contribution in [2.75, 3.05) is 34.8 Å². The number of fused-ring (bicyclic) bond motifs is 1. The maximum absolute atomic E-state index is 14.4. The highest BCUT2D eigenvalue weighted by atomic mass is 32.2. The summed E-state index contributed by atoms with van der Waals surface area (Å²) < 4.78 is 91.0. The quantitative estimate of drug-likeness (QED) is 0.236. The molecule has 3 aromatic heterocycles. The van der Waals surface area contributed by atoms with E-state index in [2.05, 4.69) is 25.7 Å². The van der Waals surface area contributed by atoms with E-state index in [1.165, 1.54) is 17.7 Å². The van der Waals surface area contributed by atoms with Gasteiger partial charge in [0.1, 0.15) is 23.5 Å². The molecular formula is C28H30F4N8O4S. The highest BCUT2D eigenvalue weighted by Crippen LogP contribution is 2.49. The van der Waals surface area contributed by atoms with Crippen LogP contribution in [0.2, 0.25) is 0 Å². The lowest BCUT2D eigenvalue weighted by atomic mass is 10.1. The molecule has 2 atom stereocenters. The fraction of sp³-hybridized carbons (Fsp3) is 0.429. The van der Waals surface area contributed by atoms with E-state index in [1.807, 2.05) is 0 Å². The standard InChI is InChI=1S/C28H30F4N8O4S/c1-38-14-16(13-33-38)15-7-8-18(20(10-15)39(2)45(3,42)43)34-19-11-21(36-27(41)17-12-28(17,31)32)35-25-23(19)37-26(24(29)30)40(25)22-6-4-5-9-44-22/h7-8,10-11,13-14,17,22,24H,4-6,9,12H2,1-3H3,(H2,34,35,36,41). The third kappa shape index (κ3) is 6.05. The lowest BCUT2D eigenvalue weighted by Gasteiger charge is -2.25. The number of anilines is 4. The largest absolute Gasteiger partial charge is 0.358 e. The van der Waals surface area contributed by atoms with Gasteiger partial charge < -0.3 is 15.4 Å². The van der Waals surface area contributed by atoms with Crippen LogP contribution >= 0.6 is 0 Å². The number of nitrogens with zero attached hydrogens (tertiary/aromatic N) is 6. The highest BCUT2D eigenvalue weighted by molar-refractivity contribution is 7.92. The normalized spacial score (nSPS) is 19.6. The Kier molecular flexibility index (Phi) is 7.71. The van der Waals surface area contributed by atoms with Crippen LogP contribution in [0.5, 0.6) is 0 Å². The third-order valence-corrected chi connectivity index (χ3v) is 9.04. The summed E-state index contributed by atoms with van der Waals surface area (Å²) in [6.45, 7) is 0.329. The fourth-order valence-corrected chi connectivity index (χ4v) is 5.80. The minimum absolute atomic E-state index is 0.0153. The summed E-state index contributed by atoms with van der Waals surface area (Å²) in [6, 6.07) is 6.22. The Morgan fingerprint density at radius 1 is 1.16 bits per heavy atom. The summed E-state index contributed by atoms with van der Waals surface area (Å²) in [7, 11) is -0.679. The molecule has 1 aliphatic carbocycles. The smallest absolute Gasteiger partial charge is 0.295 e. The molecule has 6 rings (SSSR count). The topological polar surface area (TPSA) is 136 Å². The van der Waals surface area contributed by atoms with Crippen LogP contribution in [0.25, 0.3) is 22.3 Å². The minimum atomic E-state index is -3.78. The van der Waals surface area contributed by atoms with Gasteiger partial charge in [0.05, 0.1) is 29.5 Å². The Morgan fingerprint density at radius 3 is 2.51 bits per heavy atom. The van der Waals surface area contributed by atoms with Gasteiger partial charge in [0.25, 0.3) is 12.3 Å². The first-order valence-corrected chi connectivity index (χ1v) is 15.9. The van der Waals surface area contributed by atoms with E-state index < -0.39 is 52.7 Å². The van der Waals surface area contributed by atoms with E-state index in [4.69, 9.17) is 4.74 Å². The number of alkyl halides is 4. The summed E-state index contributed by atoms with van der Waals surface area (Å²) in [5, 5.41) is 9.63. The van der Waals surface area contributed by atoms with Gasteiger partial charge in [0, 0.05) is 44.9 Å². The van der Waals surface area contributed by atoms with Gasteiger partial charge in [-0.05, 0) is 37.0 Å². The van der Waals surface area contributed by atoms with Gasteiger partial charge in [0.2, 0.25) is 15.9 Å². The van der Waals surface area contributed by atoms with Crippen LogP contribution in [-0.2, 0) is 26.6 Å². The Bertz CT molecular complexity index is 1890. The summed E-state index contributed by atoms with van der Waals surface area (Å²) in [5.41, 5.74) is 1.81. The second-order valence-corrected chi connectivity index (χ2v) is 13.2. The van der Waals surface area contributed by atoms with Crippen molar-refractivity contribution in [2.45, 2.75) is 44.3 Å². The molecule has 2 aliphatic rings. The van der Waals surface area contributed by atoms with Gasteiger partial charge in [-0.15, -0.1) is 0 Å². The van der Waals surface area contributed by atoms with E-state index in [1.54, 1.807) is 42.3 Å².